The van der Waals surface area contributed by atoms with Gasteiger partial charge >= 0.3 is 0 Å². The lowest BCUT2D eigenvalue weighted by atomic mass is 10.1. The van der Waals surface area contributed by atoms with Crippen LogP contribution in [0.2, 0.25) is 5.02 Å². The van der Waals surface area contributed by atoms with Crippen LogP contribution < -0.4 is 5.73 Å². The van der Waals surface area contributed by atoms with Crippen LogP contribution >= 0.6 is 11.6 Å². The summed E-state index contributed by atoms with van der Waals surface area (Å²) in [6, 6.07) is 0.00747. The summed E-state index contributed by atoms with van der Waals surface area (Å²) in [6.45, 7) is 2.88. The monoisotopic (exact) mass is 259 g/mol. The minimum atomic E-state index is -0.0269. The largest absolute Gasteiger partial charge is 0.383 e. The molecule has 17 heavy (non-hydrogen) atoms. The molecule has 0 saturated heterocycles. The van der Waals surface area contributed by atoms with E-state index in [4.69, 9.17) is 22.1 Å². The fourth-order valence-electron chi connectivity index (χ4n) is 1.46. The molecule has 1 unspecified atom stereocenters. The average Bonchev–Trinajstić information content (AvgIpc) is 2.64. The van der Waals surface area contributed by atoms with E-state index in [0.29, 0.717) is 36.7 Å². The van der Waals surface area contributed by atoms with E-state index < -0.39 is 0 Å². The molecule has 1 atom stereocenters. The van der Waals surface area contributed by atoms with E-state index in [2.05, 4.69) is 5.10 Å². The van der Waals surface area contributed by atoms with Gasteiger partial charge in [0.05, 0.1) is 24.4 Å². The number of carbonyl (C=O) groups excluding carboxylic acids is 1. The molecular weight excluding hydrogens is 242 g/mol. The van der Waals surface area contributed by atoms with Crippen LogP contribution in [-0.2, 0) is 11.3 Å². The standard InChI is InChI=1S/C11H18ClN3O2/c1-8(13)3-4-10(16)11-9(12)7-14-15(11)5-6-17-2/h7-8H,3-6,13H2,1-2H3. The molecule has 0 aromatic carbocycles. The second kappa shape index (κ2) is 6.74. The number of nitrogens with zero attached hydrogens (tertiary/aromatic N) is 2. The van der Waals surface area contributed by atoms with Gasteiger partial charge in [-0.25, -0.2) is 0 Å². The zero-order chi connectivity index (χ0) is 12.8. The summed E-state index contributed by atoms with van der Waals surface area (Å²) in [4.78, 5) is 12.0. The van der Waals surface area contributed by atoms with Crippen molar-refractivity contribution in [1.29, 1.82) is 0 Å². The Kier molecular flexibility index (Phi) is 5.61. The molecule has 1 aromatic heterocycles. The highest BCUT2D eigenvalue weighted by atomic mass is 35.5. The summed E-state index contributed by atoms with van der Waals surface area (Å²) >= 11 is 5.96. The third-order valence-corrected chi connectivity index (χ3v) is 2.67. The van der Waals surface area contributed by atoms with Crippen molar-refractivity contribution >= 4 is 17.4 Å². The number of hydrogen-bond acceptors (Lipinski definition) is 4. The van der Waals surface area contributed by atoms with E-state index in [9.17, 15) is 4.79 Å². The first-order chi connectivity index (χ1) is 8.06. The van der Waals surface area contributed by atoms with Crippen molar-refractivity contribution in [3.63, 3.8) is 0 Å². The number of halogens is 1. The molecule has 0 spiro atoms. The molecule has 1 rings (SSSR count). The van der Waals surface area contributed by atoms with E-state index in [-0.39, 0.29) is 11.8 Å². The quantitative estimate of drug-likeness (QED) is 0.754. The first kappa shape index (κ1) is 14.2. The van der Waals surface area contributed by atoms with Crippen LogP contribution in [-0.4, -0.2) is 35.3 Å². The number of Topliss-reactive ketones (excluding diaryl/α,β-unsaturated/α-hetero) is 1. The molecule has 2 N–H and O–H groups in total. The fraction of sp³-hybridized carbons (Fsp3) is 0.636. The van der Waals surface area contributed by atoms with E-state index in [1.165, 1.54) is 6.20 Å². The van der Waals surface area contributed by atoms with Gasteiger partial charge in [-0.15, -0.1) is 0 Å². The minimum absolute atomic E-state index is 0.00747. The van der Waals surface area contributed by atoms with Crippen molar-refractivity contribution in [2.45, 2.75) is 32.4 Å². The number of carbonyl (C=O) groups is 1. The molecule has 0 fully saturated rings. The molecule has 0 saturated carbocycles. The number of ketones is 1. The molecule has 6 heteroatoms. The predicted octanol–water partition coefficient (Wildman–Crippen LogP) is 1.49. The topological polar surface area (TPSA) is 70.1 Å². The molecule has 0 aliphatic carbocycles. The molecule has 1 heterocycles. The molecule has 96 valence electrons. The Morgan fingerprint density at radius 2 is 2.41 bits per heavy atom. The Hall–Kier alpha value is -0.910. The van der Waals surface area contributed by atoms with Crippen molar-refractivity contribution in [2.75, 3.05) is 13.7 Å². The zero-order valence-electron chi connectivity index (χ0n) is 10.1. The second-order valence-corrected chi connectivity index (χ2v) is 4.40. The van der Waals surface area contributed by atoms with Crippen molar-refractivity contribution in [3.8, 4) is 0 Å². The van der Waals surface area contributed by atoms with Gasteiger partial charge in [0.1, 0.15) is 5.69 Å². The summed E-state index contributed by atoms with van der Waals surface area (Å²) in [5.74, 6) is -0.0269. The molecule has 5 nitrogen and oxygen atoms in total. The normalized spacial score (nSPS) is 12.7. The predicted molar refractivity (Wildman–Crippen MR) is 66.3 cm³/mol. The lowest BCUT2D eigenvalue weighted by Gasteiger charge is -2.08. The first-order valence-corrected chi connectivity index (χ1v) is 5.93. The Balaban J connectivity index is 2.73. The summed E-state index contributed by atoms with van der Waals surface area (Å²) < 4.78 is 6.53. The van der Waals surface area contributed by atoms with Gasteiger partial charge < -0.3 is 10.5 Å². The van der Waals surface area contributed by atoms with Gasteiger partial charge in [0, 0.05) is 19.6 Å². The fourth-order valence-corrected chi connectivity index (χ4v) is 1.71. The molecule has 0 amide bonds. The van der Waals surface area contributed by atoms with Crippen molar-refractivity contribution in [2.24, 2.45) is 5.73 Å². The number of methoxy groups -OCH3 is 1. The van der Waals surface area contributed by atoms with Crippen LogP contribution in [0.25, 0.3) is 0 Å². The van der Waals surface area contributed by atoms with Gasteiger partial charge in [-0.3, -0.25) is 9.48 Å². The van der Waals surface area contributed by atoms with E-state index in [1.54, 1.807) is 11.8 Å². The highest BCUT2D eigenvalue weighted by molar-refractivity contribution is 6.33. The SMILES string of the molecule is COCCn1ncc(Cl)c1C(=O)CCC(C)N. The van der Waals surface area contributed by atoms with Crippen LogP contribution in [0.15, 0.2) is 6.20 Å². The van der Waals surface area contributed by atoms with Gasteiger partial charge in [0.2, 0.25) is 0 Å². The van der Waals surface area contributed by atoms with E-state index in [1.807, 2.05) is 6.92 Å². The lowest BCUT2D eigenvalue weighted by molar-refractivity contribution is 0.0964. The number of rotatable bonds is 7. The highest BCUT2D eigenvalue weighted by Gasteiger charge is 2.17. The number of nitrogens with two attached hydrogens (primary N) is 1. The van der Waals surface area contributed by atoms with E-state index in [0.717, 1.165) is 0 Å². The van der Waals surface area contributed by atoms with Crippen LogP contribution in [0.4, 0.5) is 0 Å². The molecule has 0 aliphatic rings. The maximum Gasteiger partial charge on any atom is 0.182 e. The lowest BCUT2D eigenvalue weighted by Crippen LogP contribution is -2.19. The number of hydrogen-bond donors (Lipinski definition) is 1. The highest BCUT2D eigenvalue weighted by Crippen LogP contribution is 2.18. The average molecular weight is 260 g/mol. The summed E-state index contributed by atoms with van der Waals surface area (Å²) in [5, 5.41) is 4.44. The zero-order valence-corrected chi connectivity index (χ0v) is 10.9. The Morgan fingerprint density at radius 1 is 1.71 bits per heavy atom. The van der Waals surface area contributed by atoms with Crippen molar-refractivity contribution in [3.05, 3.63) is 16.9 Å². The molecule has 1 aromatic rings. The van der Waals surface area contributed by atoms with Crippen molar-refractivity contribution < 1.29 is 9.53 Å². The van der Waals surface area contributed by atoms with Crippen LogP contribution in [0.5, 0.6) is 0 Å². The van der Waals surface area contributed by atoms with Crippen LogP contribution in [0, 0.1) is 0 Å². The maximum atomic E-state index is 12.0. The summed E-state index contributed by atoms with van der Waals surface area (Å²) in [7, 11) is 1.60. The Bertz CT molecular complexity index is 377. The van der Waals surface area contributed by atoms with Gasteiger partial charge in [0.15, 0.2) is 5.78 Å². The Morgan fingerprint density at radius 3 is 3.00 bits per heavy atom. The third kappa shape index (κ3) is 4.11. The summed E-state index contributed by atoms with van der Waals surface area (Å²) in [5.41, 5.74) is 6.07. The molecule has 0 aliphatic heterocycles. The molecule has 0 bridgehead atoms. The minimum Gasteiger partial charge on any atom is -0.383 e. The van der Waals surface area contributed by atoms with Gasteiger partial charge in [-0.2, -0.15) is 5.10 Å². The number of aromatic nitrogens is 2. The van der Waals surface area contributed by atoms with Gasteiger partial charge in [0.25, 0.3) is 0 Å². The van der Waals surface area contributed by atoms with Crippen molar-refractivity contribution in [1.82, 2.24) is 9.78 Å². The van der Waals surface area contributed by atoms with E-state index >= 15 is 0 Å². The van der Waals surface area contributed by atoms with Crippen LogP contribution in [0.1, 0.15) is 30.3 Å². The first-order valence-electron chi connectivity index (χ1n) is 5.55. The van der Waals surface area contributed by atoms with Gasteiger partial charge in [-0.1, -0.05) is 11.6 Å². The van der Waals surface area contributed by atoms with Crippen LogP contribution in [0.3, 0.4) is 0 Å². The van der Waals surface area contributed by atoms with Gasteiger partial charge in [-0.05, 0) is 13.3 Å². The second-order valence-electron chi connectivity index (χ2n) is 4.00. The number of ether oxygens (including phenoxy) is 1. The smallest absolute Gasteiger partial charge is 0.182 e. The summed E-state index contributed by atoms with van der Waals surface area (Å²) in [6.07, 6.45) is 2.51. The maximum absolute atomic E-state index is 12.0. The Labute approximate surface area is 106 Å². The molecular formula is C11H18ClN3O2. The third-order valence-electron chi connectivity index (χ3n) is 2.39. The molecule has 0 radical (unpaired) electrons.